The van der Waals surface area contributed by atoms with Gasteiger partial charge in [-0.15, -0.1) is 10.2 Å². The van der Waals surface area contributed by atoms with Crippen LogP contribution in [0.4, 0.5) is 0 Å². The van der Waals surface area contributed by atoms with Gasteiger partial charge in [0.2, 0.25) is 27.7 Å². The number of sulfonamides is 1. The van der Waals surface area contributed by atoms with Gasteiger partial charge in [-0.25, -0.2) is 8.42 Å². The van der Waals surface area contributed by atoms with E-state index < -0.39 is 45.5 Å². The molecule has 3 amide bonds. The number of H-pyrrole nitrogens is 1. The molecule has 1 rings (SSSR count). The molecule has 0 radical (unpaired) electrons. The molecule has 0 spiro atoms. The Morgan fingerprint density at radius 3 is 1.52 bits per heavy atom. The van der Waals surface area contributed by atoms with E-state index in [1.54, 1.807) is 0 Å². The molecule has 6 N–H and O–H groups in total. The lowest BCUT2D eigenvalue weighted by Crippen LogP contribution is -2.33. The smallest absolute Gasteiger partial charge is 0.306 e. The van der Waals surface area contributed by atoms with Crippen molar-refractivity contribution in [1.29, 1.82) is 0 Å². The van der Waals surface area contributed by atoms with Crippen LogP contribution in [0.3, 0.4) is 0 Å². The lowest BCUT2D eigenvalue weighted by molar-refractivity contribution is -0.145. The van der Waals surface area contributed by atoms with Crippen LogP contribution >= 0.6 is 0 Å². The normalized spacial score (nSPS) is 12.3. The second-order valence-electron chi connectivity index (χ2n) is 18.3. The minimum Gasteiger partial charge on any atom is -0.481 e. The van der Waals surface area contributed by atoms with Crippen LogP contribution in [-0.4, -0.2) is 113 Å². The van der Waals surface area contributed by atoms with Crippen LogP contribution in [0.15, 0.2) is 0 Å². The number of tetrazole rings is 1. The molecule has 0 saturated heterocycles. The summed E-state index contributed by atoms with van der Waals surface area (Å²) in [5.41, 5.74) is 0. The number of nitrogens with zero attached hydrogens (tertiary/aromatic N) is 3. The number of nitrogens with one attached hydrogen (secondary N) is 4. The highest BCUT2D eigenvalue weighted by Crippen LogP contribution is 2.20. The van der Waals surface area contributed by atoms with Gasteiger partial charge < -0.3 is 25.6 Å². The average Bonchev–Trinajstić information content (AvgIpc) is 3.83. The molecule has 0 bridgehead atoms. The molecule has 1 heterocycles. The predicted octanol–water partition coefficient (Wildman–Crippen LogP) is 7.48. The molecule has 2 atom stereocenters. The van der Waals surface area contributed by atoms with E-state index in [-0.39, 0.29) is 87.6 Å². The molecule has 0 saturated carbocycles. The van der Waals surface area contributed by atoms with E-state index in [4.69, 9.17) is 4.74 Å². The molecular formula is C49H87N7O12S. The van der Waals surface area contributed by atoms with E-state index in [0.717, 1.165) is 89.3 Å². The molecule has 0 aliphatic heterocycles. The van der Waals surface area contributed by atoms with E-state index in [1.165, 1.54) is 51.4 Å². The third-order valence-corrected chi connectivity index (χ3v) is 13.5. The van der Waals surface area contributed by atoms with Gasteiger partial charge in [0.25, 0.3) is 0 Å². The summed E-state index contributed by atoms with van der Waals surface area (Å²) in [6.07, 6.45) is 23.8. The number of Topliss-reactive ketones (excluding diaryl/α,β-unsaturated/α-hetero) is 2. The van der Waals surface area contributed by atoms with Gasteiger partial charge in [0.1, 0.15) is 11.6 Å². The van der Waals surface area contributed by atoms with Crippen molar-refractivity contribution in [2.45, 2.75) is 219 Å². The Morgan fingerprint density at radius 1 is 0.551 bits per heavy atom. The number of carboxylic acid groups (broad SMARTS) is 2. The van der Waals surface area contributed by atoms with Crippen molar-refractivity contribution >= 4 is 51.2 Å². The molecule has 396 valence electrons. The van der Waals surface area contributed by atoms with Crippen LogP contribution < -0.4 is 15.4 Å². The van der Waals surface area contributed by atoms with E-state index in [0.29, 0.717) is 39.1 Å². The zero-order valence-electron chi connectivity index (χ0n) is 41.8. The van der Waals surface area contributed by atoms with Gasteiger partial charge in [0, 0.05) is 71.1 Å². The van der Waals surface area contributed by atoms with Crippen LogP contribution in [0.5, 0.6) is 0 Å². The molecule has 1 aromatic rings. The third-order valence-electron chi connectivity index (χ3n) is 12.1. The molecule has 0 fully saturated rings. The fraction of sp³-hybridized carbons (Fsp3) is 0.837. The number of hydrogen-bond donors (Lipinski definition) is 6. The number of aromatic amines is 1. The van der Waals surface area contributed by atoms with Crippen molar-refractivity contribution in [3.05, 3.63) is 5.82 Å². The Bertz CT molecular complexity index is 1680. The number of hydrogen-bond acceptors (Lipinski definition) is 13. The minimum absolute atomic E-state index is 0.0219. The summed E-state index contributed by atoms with van der Waals surface area (Å²) >= 11 is 0. The Kier molecular flexibility index (Phi) is 37.7. The second-order valence-corrected chi connectivity index (χ2v) is 20.2. The molecule has 19 nitrogen and oxygen atoms in total. The first-order valence-electron chi connectivity index (χ1n) is 26.1. The van der Waals surface area contributed by atoms with Crippen molar-refractivity contribution in [2.75, 3.05) is 32.1 Å². The lowest BCUT2D eigenvalue weighted by Gasteiger charge is -2.14. The molecule has 1 aromatic heterocycles. The molecule has 20 heteroatoms. The van der Waals surface area contributed by atoms with Gasteiger partial charge in [-0.2, -0.15) is 5.21 Å². The van der Waals surface area contributed by atoms with Crippen LogP contribution in [0.2, 0.25) is 0 Å². The number of carboxylic acids is 2. The number of aromatic nitrogens is 4. The van der Waals surface area contributed by atoms with Crippen molar-refractivity contribution in [2.24, 2.45) is 11.8 Å². The van der Waals surface area contributed by atoms with Crippen LogP contribution in [0, 0.1) is 11.8 Å². The predicted molar refractivity (Wildman–Crippen MR) is 262 cm³/mol. The maximum atomic E-state index is 12.5. The Morgan fingerprint density at radius 2 is 1.00 bits per heavy atom. The lowest BCUT2D eigenvalue weighted by atomic mass is 9.90. The largest absolute Gasteiger partial charge is 0.481 e. The molecular weight excluding hydrogens is 911 g/mol. The monoisotopic (exact) mass is 998 g/mol. The zero-order chi connectivity index (χ0) is 50.8. The number of ketones is 2. The van der Waals surface area contributed by atoms with E-state index in [2.05, 4.69) is 36.0 Å². The Labute approximate surface area is 411 Å². The number of carbonyl (C=O) groups excluding carboxylic acids is 5. The highest BCUT2D eigenvalue weighted by Gasteiger charge is 2.26. The van der Waals surface area contributed by atoms with E-state index in [9.17, 15) is 52.2 Å². The summed E-state index contributed by atoms with van der Waals surface area (Å²) in [6, 6.07) is 0. The maximum absolute atomic E-state index is 12.5. The van der Waals surface area contributed by atoms with Crippen LogP contribution in [0.1, 0.15) is 218 Å². The standard InChI is InChI=1S/C49H87N7O12S/c1-2-68-36-35-51-46(60)33-31-41(49(64)65)39-43(58)32-30-40(48(62)63)38-42(57)26-21-17-13-9-8-12-16-20-24-34-50-45(59)29-25-37-69(66,67)54-47(61)28-23-19-15-11-7-5-3-4-6-10-14-18-22-27-44-52-55-56-53-44/h40-41H,2-39H2,1H3,(H,50,59)(H,51,60)(H,54,61)(H,62,63)(H,64,65)(H,52,53,55,56). The van der Waals surface area contributed by atoms with Crippen molar-refractivity contribution in [1.82, 2.24) is 36.0 Å². The second kappa shape index (κ2) is 41.5. The highest BCUT2D eigenvalue weighted by molar-refractivity contribution is 7.90. The first-order chi connectivity index (χ1) is 33.2. The fourth-order valence-electron chi connectivity index (χ4n) is 8.02. The van der Waals surface area contributed by atoms with E-state index in [1.807, 2.05) is 6.92 Å². The van der Waals surface area contributed by atoms with Crippen molar-refractivity contribution in [3.63, 3.8) is 0 Å². The number of unbranched alkanes of at least 4 members (excludes halogenated alkanes) is 20. The number of rotatable bonds is 49. The van der Waals surface area contributed by atoms with E-state index >= 15 is 0 Å². The van der Waals surface area contributed by atoms with Gasteiger partial charge >= 0.3 is 11.9 Å². The number of amides is 3. The number of aryl methyl sites for hydroxylation is 1. The number of aliphatic carboxylic acids is 2. The molecule has 0 aliphatic rings. The summed E-state index contributed by atoms with van der Waals surface area (Å²) in [5.74, 6) is -5.56. The summed E-state index contributed by atoms with van der Waals surface area (Å²) < 4.78 is 32.0. The fourth-order valence-corrected chi connectivity index (χ4v) is 9.09. The van der Waals surface area contributed by atoms with Gasteiger partial charge in [0.05, 0.1) is 24.2 Å². The zero-order valence-corrected chi connectivity index (χ0v) is 42.6. The number of ether oxygens (including phenoxy) is 1. The SMILES string of the molecule is CCOCCNC(=O)CCC(CC(=O)CCC(CC(=O)CCCCCCCCCCCNC(=O)CCCS(=O)(=O)NC(=O)CCCCCCCCCCCCCCCc1nn[nH]n1)C(=O)O)C(=O)O. The average molecular weight is 998 g/mol. The van der Waals surface area contributed by atoms with Gasteiger partial charge in [0.15, 0.2) is 5.82 Å². The quantitative estimate of drug-likeness (QED) is 0.0345. The first-order valence-corrected chi connectivity index (χ1v) is 27.7. The summed E-state index contributed by atoms with van der Waals surface area (Å²) in [7, 11) is -3.78. The van der Waals surface area contributed by atoms with Crippen LogP contribution in [0.25, 0.3) is 0 Å². The molecule has 0 aliphatic carbocycles. The van der Waals surface area contributed by atoms with Crippen LogP contribution in [-0.2, 0) is 54.7 Å². The van der Waals surface area contributed by atoms with Crippen molar-refractivity contribution < 1.29 is 56.9 Å². The molecule has 0 aromatic carbocycles. The first kappa shape index (κ1) is 62.7. The third kappa shape index (κ3) is 38.1. The summed E-state index contributed by atoms with van der Waals surface area (Å²) in [4.78, 5) is 84.9. The molecule has 69 heavy (non-hydrogen) atoms. The molecule has 2 unspecified atom stereocenters. The maximum Gasteiger partial charge on any atom is 0.306 e. The Hall–Kier alpha value is -4.33. The Balaban J connectivity index is 1.98. The van der Waals surface area contributed by atoms with Gasteiger partial charge in [-0.1, -0.05) is 121 Å². The summed E-state index contributed by atoms with van der Waals surface area (Å²) in [5, 5.41) is 38.6. The van der Waals surface area contributed by atoms with Gasteiger partial charge in [-0.3, -0.25) is 38.3 Å². The van der Waals surface area contributed by atoms with Crippen molar-refractivity contribution in [3.8, 4) is 0 Å². The van der Waals surface area contributed by atoms with Gasteiger partial charge in [-0.05, 0) is 51.9 Å². The summed E-state index contributed by atoms with van der Waals surface area (Å²) in [6.45, 7) is 3.51. The number of carbonyl (C=O) groups is 7. The minimum atomic E-state index is -3.78. The topological polar surface area (TPSA) is 294 Å². The highest BCUT2D eigenvalue weighted by atomic mass is 32.2.